The molecule has 0 aliphatic carbocycles. The number of aliphatic imine (C=N–C) groups is 1. The molecule has 8 nitrogen and oxygen atoms in total. The van der Waals surface area contributed by atoms with Gasteiger partial charge in [-0.3, -0.25) is 14.4 Å². The highest BCUT2D eigenvalue weighted by atomic mass is 16.2. The van der Waals surface area contributed by atoms with Crippen LogP contribution in [0.5, 0.6) is 0 Å². The second kappa shape index (κ2) is 10.9. The van der Waals surface area contributed by atoms with Crippen molar-refractivity contribution in [1.82, 2.24) is 24.9 Å². The average molecular weight is 426 g/mol. The van der Waals surface area contributed by atoms with Gasteiger partial charge in [-0.25, -0.2) is 4.99 Å². The number of hydrogen-bond acceptors (Lipinski definition) is 4. The highest BCUT2D eigenvalue weighted by Gasteiger charge is 2.27. The molecule has 1 saturated heterocycles. The Bertz CT molecular complexity index is 870. The molecule has 1 N–H and O–H groups in total. The molecule has 1 amide bonds. The van der Waals surface area contributed by atoms with Crippen LogP contribution in [0.2, 0.25) is 0 Å². The summed E-state index contributed by atoms with van der Waals surface area (Å²) >= 11 is 0. The maximum atomic E-state index is 12.7. The van der Waals surface area contributed by atoms with Crippen LogP contribution >= 0.6 is 0 Å². The van der Waals surface area contributed by atoms with Crippen LogP contribution in [0, 0.1) is 0 Å². The first-order chi connectivity index (χ1) is 15.0. The molecule has 2 heterocycles. The molecule has 0 atom stereocenters. The molecule has 1 aromatic carbocycles. The molecule has 2 aromatic rings. The summed E-state index contributed by atoms with van der Waals surface area (Å²) in [5.41, 5.74) is 3.33. The van der Waals surface area contributed by atoms with Crippen LogP contribution in [0.25, 0.3) is 0 Å². The number of carbonyl (C=O) groups excluding carboxylic acids is 1. The minimum Gasteiger partial charge on any atom is -0.356 e. The summed E-state index contributed by atoms with van der Waals surface area (Å²) in [7, 11) is 1.86. The molecule has 0 unspecified atom stereocenters. The highest BCUT2D eigenvalue weighted by Crippen LogP contribution is 2.16. The van der Waals surface area contributed by atoms with E-state index in [1.54, 1.807) is 15.8 Å². The van der Waals surface area contributed by atoms with Crippen LogP contribution in [0.15, 0.2) is 41.7 Å². The SMILES string of the molecule is CCNC(=NCc1ccc(CN(CC)CC)cc1)N1CCN(c2cnn(C)c2)C(=O)C1. The Hall–Kier alpha value is -2.87. The van der Waals surface area contributed by atoms with Gasteiger partial charge in [0.25, 0.3) is 0 Å². The largest absolute Gasteiger partial charge is 0.356 e. The summed E-state index contributed by atoms with van der Waals surface area (Å²) in [6, 6.07) is 8.67. The summed E-state index contributed by atoms with van der Waals surface area (Å²) in [5.74, 6) is 0.847. The number of carbonyl (C=O) groups is 1. The zero-order valence-electron chi connectivity index (χ0n) is 19.2. The van der Waals surface area contributed by atoms with E-state index in [1.807, 2.05) is 25.1 Å². The molecule has 1 fully saturated rings. The van der Waals surface area contributed by atoms with Crippen molar-refractivity contribution < 1.29 is 4.79 Å². The first-order valence-corrected chi connectivity index (χ1v) is 11.2. The molecular formula is C23H35N7O. The van der Waals surface area contributed by atoms with E-state index >= 15 is 0 Å². The molecule has 0 radical (unpaired) electrons. The number of aromatic nitrogens is 2. The third-order valence-electron chi connectivity index (χ3n) is 5.59. The van der Waals surface area contributed by atoms with Crippen molar-refractivity contribution in [3.8, 4) is 0 Å². The minimum atomic E-state index is 0.0607. The number of piperazine rings is 1. The predicted molar refractivity (Wildman–Crippen MR) is 125 cm³/mol. The number of anilines is 1. The van der Waals surface area contributed by atoms with Crippen molar-refractivity contribution in [1.29, 1.82) is 0 Å². The fourth-order valence-electron chi connectivity index (χ4n) is 3.72. The molecule has 0 spiro atoms. The van der Waals surface area contributed by atoms with Gasteiger partial charge in [-0.1, -0.05) is 38.1 Å². The Kier molecular flexibility index (Phi) is 8.06. The molecule has 3 rings (SSSR count). The van der Waals surface area contributed by atoms with Crippen molar-refractivity contribution in [2.45, 2.75) is 33.9 Å². The van der Waals surface area contributed by atoms with Gasteiger partial charge in [-0.05, 0) is 31.1 Å². The summed E-state index contributed by atoms with van der Waals surface area (Å²) in [4.78, 5) is 23.8. The molecule has 8 heteroatoms. The second-order valence-corrected chi connectivity index (χ2v) is 7.79. The summed E-state index contributed by atoms with van der Waals surface area (Å²) in [6.07, 6.45) is 3.60. The van der Waals surface area contributed by atoms with Gasteiger partial charge in [0.15, 0.2) is 5.96 Å². The number of guanidine groups is 1. The smallest absolute Gasteiger partial charge is 0.246 e. The van der Waals surface area contributed by atoms with E-state index in [0.717, 1.165) is 44.4 Å². The van der Waals surface area contributed by atoms with E-state index < -0.39 is 0 Å². The first kappa shape index (κ1) is 22.8. The van der Waals surface area contributed by atoms with E-state index in [2.05, 4.69) is 53.4 Å². The zero-order valence-corrected chi connectivity index (χ0v) is 19.2. The van der Waals surface area contributed by atoms with E-state index in [4.69, 9.17) is 4.99 Å². The Labute approximate surface area is 185 Å². The van der Waals surface area contributed by atoms with Crippen LogP contribution in [-0.2, 0) is 24.9 Å². The van der Waals surface area contributed by atoms with E-state index in [-0.39, 0.29) is 5.91 Å². The lowest BCUT2D eigenvalue weighted by Crippen LogP contribution is -2.55. The summed E-state index contributed by atoms with van der Waals surface area (Å²) in [6.45, 7) is 12.5. The Morgan fingerprint density at radius 2 is 1.84 bits per heavy atom. The lowest BCUT2D eigenvalue weighted by atomic mass is 10.1. The summed E-state index contributed by atoms with van der Waals surface area (Å²) in [5, 5.41) is 7.51. The molecule has 1 aromatic heterocycles. The third kappa shape index (κ3) is 6.07. The highest BCUT2D eigenvalue weighted by molar-refractivity contribution is 5.98. The van der Waals surface area contributed by atoms with Gasteiger partial charge < -0.3 is 15.1 Å². The molecule has 31 heavy (non-hydrogen) atoms. The first-order valence-electron chi connectivity index (χ1n) is 11.2. The molecule has 1 aliphatic rings. The number of nitrogens with zero attached hydrogens (tertiary/aromatic N) is 6. The van der Waals surface area contributed by atoms with Gasteiger partial charge in [0.2, 0.25) is 5.91 Å². The number of rotatable bonds is 8. The van der Waals surface area contributed by atoms with Crippen LogP contribution < -0.4 is 10.2 Å². The van der Waals surface area contributed by atoms with Gasteiger partial charge in [-0.15, -0.1) is 0 Å². The topological polar surface area (TPSA) is 69.0 Å². The molecular weight excluding hydrogens is 390 g/mol. The molecule has 168 valence electrons. The maximum absolute atomic E-state index is 12.7. The summed E-state index contributed by atoms with van der Waals surface area (Å²) < 4.78 is 1.72. The Balaban J connectivity index is 1.62. The van der Waals surface area contributed by atoms with E-state index in [1.165, 1.54) is 11.1 Å². The normalized spacial score (nSPS) is 15.1. The van der Waals surface area contributed by atoms with Crippen LogP contribution in [0.3, 0.4) is 0 Å². The fourth-order valence-corrected chi connectivity index (χ4v) is 3.72. The number of benzene rings is 1. The van der Waals surface area contributed by atoms with Gasteiger partial charge in [-0.2, -0.15) is 5.10 Å². The number of hydrogen-bond donors (Lipinski definition) is 1. The second-order valence-electron chi connectivity index (χ2n) is 7.79. The zero-order chi connectivity index (χ0) is 22.2. The van der Waals surface area contributed by atoms with Crippen LogP contribution in [0.1, 0.15) is 31.9 Å². The number of aryl methyl sites for hydroxylation is 1. The average Bonchev–Trinajstić information content (AvgIpc) is 3.21. The van der Waals surface area contributed by atoms with Crippen LogP contribution in [0.4, 0.5) is 5.69 Å². The van der Waals surface area contributed by atoms with Crippen molar-refractivity contribution in [3.05, 3.63) is 47.8 Å². The monoisotopic (exact) mass is 425 g/mol. The van der Waals surface area contributed by atoms with Crippen molar-refractivity contribution in [3.63, 3.8) is 0 Å². The molecule has 0 bridgehead atoms. The Morgan fingerprint density at radius 1 is 1.13 bits per heavy atom. The molecule has 0 saturated carbocycles. The third-order valence-corrected chi connectivity index (χ3v) is 5.59. The fraction of sp³-hybridized carbons (Fsp3) is 0.522. The minimum absolute atomic E-state index is 0.0607. The van der Waals surface area contributed by atoms with E-state index in [9.17, 15) is 4.79 Å². The van der Waals surface area contributed by atoms with Crippen molar-refractivity contribution in [2.24, 2.45) is 12.0 Å². The van der Waals surface area contributed by atoms with Gasteiger partial charge in [0, 0.05) is 39.4 Å². The van der Waals surface area contributed by atoms with E-state index in [0.29, 0.717) is 19.6 Å². The lowest BCUT2D eigenvalue weighted by molar-refractivity contribution is -0.120. The quantitative estimate of drug-likeness (QED) is 0.518. The predicted octanol–water partition coefficient (Wildman–Crippen LogP) is 2.08. The number of nitrogens with one attached hydrogen (secondary N) is 1. The maximum Gasteiger partial charge on any atom is 0.246 e. The van der Waals surface area contributed by atoms with Gasteiger partial charge in [0.05, 0.1) is 18.4 Å². The van der Waals surface area contributed by atoms with Crippen molar-refractivity contribution >= 4 is 17.6 Å². The molecule has 1 aliphatic heterocycles. The van der Waals surface area contributed by atoms with Crippen LogP contribution in [-0.4, -0.2) is 70.7 Å². The standard InChI is InChI=1S/C23H35N7O/c1-5-24-23(25-14-19-8-10-20(11-9-19)16-28(6-2)7-3)29-12-13-30(22(31)18-29)21-15-26-27(4)17-21/h8-11,15,17H,5-7,12-14,16,18H2,1-4H3,(H,24,25). The number of amides is 1. The van der Waals surface area contributed by atoms with Gasteiger partial charge >= 0.3 is 0 Å². The lowest BCUT2D eigenvalue weighted by Gasteiger charge is -2.35. The Morgan fingerprint density at radius 3 is 2.42 bits per heavy atom. The van der Waals surface area contributed by atoms with Crippen molar-refractivity contribution in [2.75, 3.05) is 44.2 Å². The van der Waals surface area contributed by atoms with Gasteiger partial charge in [0.1, 0.15) is 6.54 Å².